The van der Waals surface area contributed by atoms with Gasteiger partial charge in [0, 0.05) is 17.1 Å². The zero-order valence-electron chi connectivity index (χ0n) is 10.7. The number of hydrogen-bond donors (Lipinski definition) is 2. The number of para-hydroxylation sites is 1. The molecular formula is C16H14N2O2. The molecule has 100 valence electrons. The van der Waals surface area contributed by atoms with E-state index in [1.54, 1.807) is 24.3 Å². The number of carbonyl (C=O) groups is 1. The van der Waals surface area contributed by atoms with E-state index in [1.165, 1.54) is 6.07 Å². The maximum absolute atomic E-state index is 10.8. The minimum atomic E-state index is -0.379. The second-order valence-corrected chi connectivity index (χ2v) is 4.14. The van der Waals surface area contributed by atoms with E-state index in [0.717, 1.165) is 10.9 Å². The number of pyridine rings is 1. The summed E-state index contributed by atoms with van der Waals surface area (Å²) in [7, 11) is 0. The van der Waals surface area contributed by atoms with Crippen LogP contribution in [0.2, 0.25) is 0 Å². The lowest BCUT2D eigenvalue weighted by Crippen LogP contribution is -2.09. The second kappa shape index (κ2) is 6.33. The summed E-state index contributed by atoms with van der Waals surface area (Å²) in [5.41, 5.74) is 6.36. The summed E-state index contributed by atoms with van der Waals surface area (Å²) in [4.78, 5) is 24.0. The lowest BCUT2D eigenvalue weighted by molar-refractivity contribution is 0.100. The molecule has 1 heterocycles. The SMILES string of the molecule is NC(=O)c1ccccc1.O=c1ccc2ccccc2[nH]1. The molecule has 2 aromatic carbocycles. The maximum atomic E-state index is 10.8. The van der Waals surface area contributed by atoms with Gasteiger partial charge in [0.15, 0.2) is 0 Å². The number of rotatable bonds is 1. The van der Waals surface area contributed by atoms with Crippen molar-refractivity contribution in [2.45, 2.75) is 0 Å². The van der Waals surface area contributed by atoms with Crippen LogP contribution in [0.3, 0.4) is 0 Å². The van der Waals surface area contributed by atoms with E-state index < -0.39 is 0 Å². The van der Waals surface area contributed by atoms with Gasteiger partial charge in [-0.3, -0.25) is 9.59 Å². The number of aromatic nitrogens is 1. The highest BCUT2D eigenvalue weighted by Crippen LogP contribution is 2.06. The fraction of sp³-hybridized carbons (Fsp3) is 0. The minimum Gasteiger partial charge on any atom is -0.366 e. The van der Waals surface area contributed by atoms with Gasteiger partial charge in [0.05, 0.1) is 0 Å². The molecule has 0 atom stereocenters. The van der Waals surface area contributed by atoms with Gasteiger partial charge in [-0.1, -0.05) is 36.4 Å². The Bertz CT molecular complexity index is 764. The van der Waals surface area contributed by atoms with Crippen LogP contribution in [-0.2, 0) is 0 Å². The van der Waals surface area contributed by atoms with Gasteiger partial charge in [0.1, 0.15) is 0 Å². The first-order chi connectivity index (χ1) is 9.66. The smallest absolute Gasteiger partial charge is 0.248 e. The van der Waals surface area contributed by atoms with Gasteiger partial charge < -0.3 is 10.7 Å². The molecule has 4 heteroatoms. The Hall–Kier alpha value is -2.88. The van der Waals surface area contributed by atoms with Crippen LogP contribution < -0.4 is 11.3 Å². The molecule has 0 aliphatic rings. The third kappa shape index (κ3) is 3.55. The van der Waals surface area contributed by atoms with Crippen molar-refractivity contribution in [2.24, 2.45) is 5.73 Å². The standard InChI is InChI=1S/C9H7NO.C7H7NO/c11-9-6-5-7-3-1-2-4-8(7)10-9;8-7(9)6-4-2-1-3-5-6/h1-6H,(H,10,11);1-5H,(H2,8,9). The topological polar surface area (TPSA) is 76.0 Å². The fourth-order valence-corrected chi connectivity index (χ4v) is 1.70. The number of carbonyl (C=O) groups excluding carboxylic acids is 1. The Kier molecular flexibility index (Phi) is 4.29. The van der Waals surface area contributed by atoms with Gasteiger partial charge in [0.25, 0.3) is 0 Å². The van der Waals surface area contributed by atoms with Crippen molar-refractivity contribution < 1.29 is 4.79 Å². The summed E-state index contributed by atoms with van der Waals surface area (Å²) >= 11 is 0. The molecule has 3 N–H and O–H groups in total. The highest BCUT2D eigenvalue weighted by Gasteiger charge is 1.93. The van der Waals surface area contributed by atoms with Crippen LogP contribution in [0.15, 0.2) is 71.5 Å². The molecule has 0 radical (unpaired) electrons. The largest absolute Gasteiger partial charge is 0.366 e. The van der Waals surface area contributed by atoms with Gasteiger partial charge in [-0.25, -0.2) is 0 Å². The number of nitrogens with one attached hydrogen (secondary N) is 1. The van der Waals surface area contributed by atoms with E-state index >= 15 is 0 Å². The third-order valence-electron chi connectivity index (χ3n) is 2.69. The number of primary amides is 1. The predicted molar refractivity (Wildman–Crippen MR) is 79.5 cm³/mol. The van der Waals surface area contributed by atoms with E-state index in [-0.39, 0.29) is 11.5 Å². The number of aromatic amines is 1. The first-order valence-corrected chi connectivity index (χ1v) is 6.10. The summed E-state index contributed by atoms with van der Waals surface area (Å²) in [6.45, 7) is 0. The molecule has 0 aliphatic heterocycles. The normalized spacial score (nSPS) is 9.60. The third-order valence-corrected chi connectivity index (χ3v) is 2.69. The van der Waals surface area contributed by atoms with Gasteiger partial charge in [-0.15, -0.1) is 0 Å². The van der Waals surface area contributed by atoms with Crippen molar-refractivity contribution in [1.82, 2.24) is 4.98 Å². The molecule has 4 nitrogen and oxygen atoms in total. The number of nitrogens with two attached hydrogens (primary N) is 1. The monoisotopic (exact) mass is 266 g/mol. The molecule has 0 saturated carbocycles. The van der Waals surface area contributed by atoms with E-state index in [4.69, 9.17) is 5.73 Å². The van der Waals surface area contributed by atoms with Gasteiger partial charge >= 0.3 is 0 Å². The molecule has 20 heavy (non-hydrogen) atoms. The molecule has 3 rings (SSSR count). The van der Waals surface area contributed by atoms with E-state index in [9.17, 15) is 9.59 Å². The Morgan fingerprint density at radius 1 is 0.850 bits per heavy atom. The Labute approximate surface area is 115 Å². The van der Waals surface area contributed by atoms with Crippen LogP contribution in [0.4, 0.5) is 0 Å². The predicted octanol–water partition coefficient (Wildman–Crippen LogP) is 2.31. The first kappa shape index (κ1) is 13.5. The van der Waals surface area contributed by atoms with Gasteiger partial charge in [-0.2, -0.15) is 0 Å². The van der Waals surface area contributed by atoms with Crippen molar-refractivity contribution >= 4 is 16.8 Å². The van der Waals surface area contributed by atoms with Gasteiger partial charge in [0.2, 0.25) is 11.5 Å². The zero-order valence-corrected chi connectivity index (χ0v) is 10.7. The Morgan fingerprint density at radius 2 is 1.50 bits per heavy atom. The summed E-state index contributed by atoms with van der Waals surface area (Å²) in [6.07, 6.45) is 0. The molecule has 0 unspecified atom stereocenters. The maximum Gasteiger partial charge on any atom is 0.248 e. The molecule has 0 saturated heterocycles. The lowest BCUT2D eigenvalue weighted by Gasteiger charge is -1.93. The summed E-state index contributed by atoms with van der Waals surface area (Å²) in [6, 6.07) is 19.8. The van der Waals surface area contributed by atoms with Crippen LogP contribution >= 0.6 is 0 Å². The number of amides is 1. The molecule has 0 aliphatic carbocycles. The van der Waals surface area contributed by atoms with Crippen LogP contribution in [0.1, 0.15) is 10.4 Å². The number of fused-ring (bicyclic) bond motifs is 1. The molecule has 0 spiro atoms. The second-order valence-electron chi connectivity index (χ2n) is 4.14. The molecular weight excluding hydrogens is 252 g/mol. The van der Waals surface area contributed by atoms with Crippen molar-refractivity contribution in [3.63, 3.8) is 0 Å². The summed E-state index contributed by atoms with van der Waals surface area (Å²) in [5, 5.41) is 1.06. The van der Waals surface area contributed by atoms with Crippen molar-refractivity contribution in [3.8, 4) is 0 Å². The van der Waals surface area contributed by atoms with E-state index in [0.29, 0.717) is 5.56 Å². The van der Waals surface area contributed by atoms with Crippen LogP contribution in [0.25, 0.3) is 10.9 Å². The zero-order chi connectivity index (χ0) is 14.4. The van der Waals surface area contributed by atoms with Gasteiger partial charge in [-0.05, 0) is 29.7 Å². The van der Waals surface area contributed by atoms with Crippen molar-refractivity contribution in [1.29, 1.82) is 0 Å². The first-order valence-electron chi connectivity index (χ1n) is 6.10. The highest BCUT2D eigenvalue weighted by atomic mass is 16.1. The molecule has 0 fully saturated rings. The number of hydrogen-bond acceptors (Lipinski definition) is 2. The minimum absolute atomic E-state index is 0.0521. The molecule has 1 amide bonds. The molecule has 1 aromatic heterocycles. The summed E-state index contributed by atoms with van der Waals surface area (Å²) < 4.78 is 0. The molecule has 3 aromatic rings. The average Bonchev–Trinajstić information content (AvgIpc) is 2.48. The summed E-state index contributed by atoms with van der Waals surface area (Å²) in [5.74, 6) is -0.379. The van der Waals surface area contributed by atoms with E-state index in [1.807, 2.05) is 36.4 Å². The Balaban J connectivity index is 0.000000151. The van der Waals surface area contributed by atoms with E-state index in [2.05, 4.69) is 4.98 Å². The number of benzene rings is 2. The van der Waals surface area contributed by atoms with Crippen molar-refractivity contribution in [2.75, 3.05) is 0 Å². The van der Waals surface area contributed by atoms with Crippen LogP contribution in [0, 0.1) is 0 Å². The quantitative estimate of drug-likeness (QED) is 0.709. The van der Waals surface area contributed by atoms with Crippen molar-refractivity contribution in [3.05, 3.63) is 82.6 Å². The van der Waals surface area contributed by atoms with Crippen LogP contribution in [0.5, 0.6) is 0 Å². The molecule has 0 bridgehead atoms. The lowest BCUT2D eigenvalue weighted by atomic mass is 10.2. The average molecular weight is 266 g/mol. The number of H-pyrrole nitrogens is 1. The highest BCUT2D eigenvalue weighted by molar-refractivity contribution is 5.92. The Morgan fingerprint density at radius 3 is 2.15 bits per heavy atom. The fourth-order valence-electron chi connectivity index (χ4n) is 1.70. The van der Waals surface area contributed by atoms with Crippen LogP contribution in [-0.4, -0.2) is 10.9 Å².